The molecule has 1 aliphatic carbocycles. The van der Waals surface area contributed by atoms with Crippen molar-refractivity contribution in [2.24, 2.45) is 5.92 Å². The minimum atomic E-state index is 0.291. The Morgan fingerprint density at radius 1 is 1.30 bits per heavy atom. The number of hydrogen-bond donors (Lipinski definition) is 1. The Bertz CT molecular complexity index is 428. The van der Waals surface area contributed by atoms with Crippen molar-refractivity contribution in [2.75, 3.05) is 11.9 Å². The summed E-state index contributed by atoms with van der Waals surface area (Å²) in [6.45, 7) is 5.28. The third-order valence-corrected chi connectivity index (χ3v) is 4.64. The number of ether oxygens (including phenoxy) is 1. The molecule has 5 heteroatoms. The zero-order valence-corrected chi connectivity index (χ0v) is 13.9. The average molecular weight is 342 g/mol. The summed E-state index contributed by atoms with van der Waals surface area (Å²) >= 11 is 3.57. The van der Waals surface area contributed by atoms with E-state index in [2.05, 4.69) is 45.1 Å². The zero-order valence-electron chi connectivity index (χ0n) is 12.4. The quantitative estimate of drug-likeness (QED) is 0.832. The summed E-state index contributed by atoms with van der Waals surface area (Å²) in [5.74, 6) is 2.14. The fourth-order valence-corrected chi connectivity index (χ4v) is 3.18. The smallest absolute Gasteiger partial charge is 0.233 e. The molecule has 4 nitrogen and oxygen atoms in total. The Hall–Kier alpha value is -0.840. The standard InChI is InChI=1S/C15H24BrN3O/c1-3-9-17-14-13(16)15(19-10-18-14)20-12-8-6-5-7-11(12)4-2/h10-12H,3-9H2,1-2H3,(H,17,18,19). The minimum Gasteiger partial charge on any atom is -0.473 e. The van der Waals surface area contributed by atoms with Crippen LogP contribution in [0.15, 0.2) is 10.8 Å². The Morgan fingerprint density at radius 3 is 2.85 bits per heavy atom. The lowest BCUT2D eigenvalue weighted by Gasteiger charge is -2.31. The monoisotopic (exact) mass is 341 g/mol. The largest absolute Gasteiger partial charge is 0.473 e. The van der Waals surface area contributed by atoms with Gasteiger partial charge in [-0.25, -0.2) is 9.97 Å². The van der Waals surface area contributed by atoms with Gasteiger partial charge in [0.25, 0.3) is 0 Å². The zero-order chi connectivity index (χ0) is 14.4. The lowest BCUT2D eigenvalue weighted by molar-refractivity contribution is 0.0849. The number of nitrogens with one attached hydrogen (secondary N) is 1. The summed E-state index contributed by atoms with van der Waals surface area (Å²) in [6.07, 6.45) is 9.08. The lowest BCUT2D eigenvalue weighted by atomic mass is 9.85. The van der Waals surface area contributed by atoms with E-state index < -0.39 is 0 Å². The van der Waals surface area contributed by atoms with Crippen molar-refractivity contribution in [3.05, 3.63) is 10.8 Å². The summed E-state index contributed by atoms with van der Waals surface area (Å²) in [5, 5.41) is 3.29. The fourth-order valence-electron chi connectivity index (χ4n) is 2.74. The fraction of sp³-hybridized carbons (Fsp3) is 0.733. The van der Waals surface area contributed by atoms with Gasteiger partial charge in [-0.15, -0.1) is 0 Å². The molecule has 112 valence electrons. The van der Waals surface area contributed by atoms with Gasteiger partial charge < -0.3 is 10.1 Å². The van der Waals surface area contributed by atoms with Gasteiger partial charge in [-0.2, -0.15) is 0 Å². The first-order chi connectivity index (χ1) is 9.76. The van der Waals surface area contributed by atoms with Crippen LogP contribution < -0.4 is 10.1 Å². The molecule has 2 unspecified atom stereocenters. The molecule has 1 heterocycles. The first-order valence-electron chi connectivity index (χ1n) is 7.67. The van der Waals surface area contributed by atoms with Crippen LogP contribution in [0, 0.1) is 5.92 Å². The second kappa shape index (κ2) is 7.81. The summed E-state index contributed by atoms with van der Waals surface area (Å²) in [7, 11) is 0. The summed E-state index contributed by atoms with van der Waals surface area (Å²) in [6, 6.07) is 0. The van der Waals surface area contributed by atoms with E-state index in [-0.39, 0.29) is 0 Å². The van der Waals surface area contributed by atoms with Gasteiger partial charge in [-0.3, -0.25) is 0 Å². The van der Waals surface area contributed by atoms with Gasteiger partial charge >= 0.3 is 0 Å². The van der Waals surface area contributed by atoms with Crippen LogP contribution in [0.2, 0.25) is 0 Å². The van der Waals surface area contributed by atoms with Crippen LogP contribution in [-0.2, 0) is 0 Å². The molecule has 1 N–H and O–H groups in total. The summed E-state index contributed by atoms with van der Waals surface area (Å²) in [4.78, 5) is 8.55. The first kappa shape index (κ1) is 15.5. The molecule has 0 radical (unpaired) electrons. The van der Waals surface area contributed by atoms with E-state index in [9.17, 15) is 0 Å². The lowest BCUT2D eigenvalue weighted by Crippen LogP contribution is -2.30. The van der Waals surface area contributed by atoms with Crippen LogP contribution in [0.3, 0.4) is 0 Å². The summed E-state index contributed by atoms with van der Waals surface area (Å²) < 4.78 is 7.01. The molecule has 1 aliphatic rings. The van der Waals surface area contributed by atoms with Crippen LogP contribution in [0.5, 0.6) is 5.88 Å². The maximum Gasteiger partial charge on any atom is 0.233 e. The third kappa shape index (κ3) is 3.84. The number of nitrogens with zero attached hydrogens (tertiary/aromatic N) is 2. The van der Waals surface area contributed by atoms with Crippen molar-refractivity contribution >= 4 is 21.7 Å². The number of rotatable bonds is 6. The highest BCUT2D eigenvalue weighted by molar-refractivity contribution is 9.10. The van der Waals surface area contributed by atoms with Crippen molar-refractivity contribution in [2.45, 2.75) is 58.5 Å². The number of hydrogen-bond acceptors (Lipinski definition) is 4. The van der Waals surface area contributed by atoms with Crippen molar-refractivity contribution in [3.63, 3.8) is 0 Å². The van der Waals surface area contributed by atoms with Gasteiger partial charge in [0.2, 0.25) is 5.88 Å². The van der Waals surface area contributed by atoms with E-state index in [1.54, 1.807) is 6.33 Å². The Labute approximate surface area is 129 Å². The second-order valence-corrected chi connectivity index (χ2v) is 6.17. The highest BCUT2D eigenvalue weighted by atomic mass is 79.9. The predicted octanol–water partition coefficient (Wildman–Crippen LogP) is 4.41. The van der Waals surface area contributed by atoms with Crippen LogP contribution >= 0.6 is 15.9 Å². The molecule has 0 bridgehead atoms. The molecular formula is C15H24BrN3O. The summed E-state index contributed by atoms with van der Waals surface area (Å²) in [5.41, 5.74) is 0. The molecule has 0 spiro atoms. The van der Waals surface area contributed by atoms with Gasteiger partial charge in [0.15, 0.2) is 0 Å². The molecule has 1 aromatic rings. The van der Waals surface area contributed by atoms with E-state index in [0.29, 0.717) is 17.9 Å². The van der Waals surface area contributed by atoms with E-state index >= 15 is 0 Å². The molecule has 0 aromatic carbocycles. The SMILES string of the molecule is CCCNc1ncnc(OC2CCCCC2CC)c1Br. The molecule has 2 atom stereocenters. The highest BCUT2D eigenvalue weighted by Gasteiger charge is 2.26. The van der Waals surface area contributed by atoms with E-state index in [4.69, 9.17) is 4.74 Å². The topological polar surface area (TPSA) is 47.0 Å². The molecule has 0 aliphatic heterocycles. The van der Waals surface area contributed by atoms with Crippen LogP contribution in [-0.4, -0.2) is 22.6 Å². The molecular weight excluding hydrogens is 318 g/mol. The van der Waals surface area contributed by atoms with E-state index in [1.807, 2.05) is 0 Å². The molecule has 1 aromatic heterocycles. The van der Waals surface area contributed by atoms with Gasteiger partial charge in [0.1, 0.15) is 22.7 Å². The average Bonchev–Trinajstić information content (AvgIpc) is 2.48. The molecule has 1 fully saturated rings. The molecule has 20 heavy (non-hydrogen) atoms. The van der Waals surface area contributed by atoms with Crippen LogP contribution in [0.1, 0.15) is 52.4 Å². The Morgan fingerprint density at radius 2 is 2.10 bits per heavy atom. The maximum absolute atomic E-state index is 6.17. The van der Waals surface area contributed by atoms with Crippen molar-refractivity contribution in [3.8, 4) is 5.88 Å². The second-order valence-electron chi connectivity index (χ2n) is 5.38. The van der Waals surface area contributed by atoms with Crippen LogP contribution in [0.25, 0.3) is 0 Å². The van der Waals surface area contributed by atoms with Gasteiger partial charge in [0, 0.05) is 6.54 Å². The van der Waals surface area contributed by atoms with Gasteiger partial charge in [-0.05, 0) is 54.0 Å². The van der Waals surface area contributed by atoms with Gasteiger partial charge in [0.05, 0.1) is 0 Å². The first-order valence-corrected chi connectivity index (χ1v) is 8.46. The number of aromatic nitrogens is 2. The third-order valence-electron chi connectivity index (χ3n) is 3.93. The Kier molecular flexibility index (Phi) is 6.07. The molecule has 2 rings (SSSR count). The number of halogens is 1. The molecule has 0 amide bonds. The van der Waals surface area contributed by atoms with E-state index in [0.717, 1.165) is 29.7 Å². The minimum absolute atomic E-state index is 0.291. The highest BCUT2D eigenvalue weighted by Crippen LogP contribution is 2.34. The normalized spacial score (nSPS) is 22.6. The molecule has 1 saturated carbocycles. The molecule has 0 saturated heterocycles. The Balaban J connectivity index is 2.08. The predicted molar refractivity (Wildman–Crippen MR) is 85.2 cm³/mol. The van der Waals surface area contributed by atoms with Gasteiger partial charge in [-0.1, -0.05) is 20.3 Å². The number of anilines is 1. The van der Waals surface area contributed by atoms with Crippen molar-refractivity contribution in [1.29, 1.82) is 0 Å². The van der Waals surface area contributed by atoms with Crippen LogP contribution in [0.4, 0.5) is 5.82 Å². The van der Waals surface area contributed by atoms with Crippen molar-refractivity contribution in [1.82, 2.24) is 9.97 Å². The van der Waals surface area contributed by atoms with Crippen molar-refractivity contribution < 1.29 is 4.74 Å². The maximum atomic E-state index is 6.17. The van der Waals surface area contributed by atoms with E-state index in [1.165, 1.54) is 25.7 Å².